The van der Waals surface area contributed by atoms with Gasteiger partial charge in [0.15, 0.2) is 5.82 Å². The van der Waals surface area contributed by atoms with Crippen LogP contribution in [0.1, 0.15) is 38.2 Å². The Kier molecular flexibility index (Phi) is 6.66. The molecule has 2 aliphatic rings. The van der Waals surface area contributed by atoms with E-state index in [1.165, 1.54) is 5.56 Å². The summed E-state index contributed by atoms with van der Waals surface area (Å²) < 4.78 is 1.79. The number of fused-ring (bicyclic) bond motifs is 1. The van der Waals surface area contributed by atoms with E-state index < -0.39 is 0 Å². The van der Waals surface area contributed by atoms with Gasteiger partial charge in [-0.05, 0) is 62.6 Å². The molecule has 0 saturated carbocycles. The lowest BCUT2D eigenvalue weighted by Crippen LogP contribution is -2.48. The van der Waals surface area contributed by atoms with Gasteiger partial charge in [0.2, 0.25) is 5.91 Å². The van der Waals surface area contributed by atoms with E-state index in [9.17, 15) is 9.59 Å². The van der Waals surface area contributed by atoms with Crippen molar-refractivity contribution in [2.45, 2.75) is 45.6 Å². The fraction of sp³-hybridized carbons (Fsp3) is 0.464. The van der Waals surface area contributed by atoms with Crippen molar-refractivity contribution < 1.29 is 4.79 Å². The summed E-state index contributed by atoms with van der Waals surface area (Å²) in [6.45, 7) is 5.61. The molecule has 6 nitrogen and oxygen atoms in total. The second-order valence-corrected chi connectivity index (χ2v) is 9.72. The second-order valence-electron chi connectivity index (χ2n) is 9.72. The van der Waals surface area contributed by atoms with Crippen LogP contribution in [0.3, 0.4) is 0 Å². The number of aromatic nitrogens is 2. The average Bonchev–Trinajstić information content (AvgIpc) is 2.89. The van der Waals surface area contributed by atoms with Gasteiger partial charge < -0.3 is 14.4 Å². The molecular weight excluding hydrogens is 424 g/mol. The first-order valence-electron chi connectivity index (χ1n) is 12.7. The van der Waals surface area contributed by atoms with Gasteiger partial charge in [0.05, 0.1) is 17.0 Å². The molecule has 0 spiro atoms. The number of para-hydroxylation sites is 2. The van der Waals surface area contributed by atoms with E-state index in [1.54, 1.807) is 4.57 Å². The second kappa shape index (κ2) is 10.00. The zero-order valence-corrected chi connectivity index (χ0v) is 20.0. The molecule has 0 N–H and O–H groups in total. The zero-order chi connectivity index (χ0) is 23.5. The third-order valence-corrected chi connectivity index (χ3v) is 7.52. The Morgan fingerprint density at radius 1 is 0.971 bits per heavy atom. The van der Waals surface area contributed by atoms with Crippen LogP contribution in [0.25, 0.3) is 11.0 Å². The molecule has 1 atom stereocenters. The Morgan fingerprint density at radius 2 is 1.71 bits per heavy atom. The maximum absolute atomic E-state index is 13.4. The van der Waals surface area contributed by atoms with Gasteiger partial charge in [0.25, 0.3) is 5.56 Å². The summed E-state index contributed by atoms with van der Waals surface area (Å²) in [5, 5.41) is 0. The van der Waals surface area contributed by atoms with Crippen molar-refractivity contribution in [2.24, 2.45) is 11.8 Å². The number of piperidine rings is 2. The van der Waals surface area contributed by atoms with Crippen LogP contribution in [0.5, 0.6) is 0 Å². The molecule has 3 aromatic rings. The molecule has 3 heterocycles. The molecule has 0 aliphatic carbocycles. The fourth-order valence-electron chi connectivity index (χ4n) is 5.63. The highest BCUT2D eigenvalue weighted by atomic mass is 16.2. The third-order valence-electron chi connectivity index (χ3n) is 7.52. The molecule has 0 unspecified atom stereocenters. The number of hydrogen-bond acceptors (Lipinski definition) is 4. The highest BCUT2D eigenvalue weighted by Crippen LogP contribution is 2.27. The number of anilines is 1. The number of nitrogens with zero attached hydrogens (tertiary/aromatic N) is 4. The molecule has 0 bridgehead atoms. The predicted molar refractivity (Wildman–Crippen MR) is 136 cm³/mol. The van der Waals surface area contributed by atoms with E-state index in [1.807, 2.05) is 31.2 Å². The van der Waals surface area contributed by atoms with E-state index in [0.717, 1.165) is 62.8 Å². The molecule has 1 amide bonds. The quantitative estimate of drug-likeness (QED) is 0.577. The van der Waals surface area contributed by atoms with Crippen LogP contribution in [0.2, 0.25) is 0 Å². The first kappa shape index (κ1) is 22.6. The summed E-state index contributed by atoms with van der Waals surface area (Å²) in [7, 11) is 0. The van der Waals surface area contributed by atoms with Crippen LogP contribution in [0, 0.1) is 11.8 Å². The molecule has 5 rings (SSSR count). The van der Waals surface area contributed by atoms with Crippen molar-refractivity contribution >= 4 is 22.8 Å². The predicted octanol–water partition coefficient (Wildman–Crippen LogP) is 4.11. The van der Waals surface area contributed by atoms with Crippen molar-refractivity contribution in [1.29, 1.82) is 0 Å². The SMILES string of the molecule is CCn1c(=O)c(N2CCC[C@H](C(=O)N3CCC(Cc4ccccc4)CC3)C2)nc2ccccc21. The Morgan fingerprint density at radius 3 is 2.47 bits per heavy atom. The first-order chi connectivity index (χ1) is 16.6. The van der Waals surface area contributed by atoms with Gasteiger partial charge >= 0.3 is 0 Å². The molecule has 2 fully saturated rings. The molecule has 2 saturated heterocycles. The summed E-state index contributed by atoms with van der Waals surface area (Å²) in [4.78, 5) is 35.5. The normalized spacial score (nSPS) is 19.5. The van der Waals surface area contributed by atoms with Gasteiger partial charge in [-0.15, -0.1) is 0 Å². The van der Waals surface area contributed by atoms with Crippen LogP contribution in [-0.2, 0) is 17.8 Å². The summed E-state index contributed by atoms with van der Waals surface area (Å²) in [6, 6.07) is 18.4. The maximum Gasteiger partial charge on any atom is 0.293 e. The minimum Gasteiger partial charge on any atom is -0.351 e. The smallest absolute Gasteiger partial charge is 0.293 e. The number of benzene rings is 2. The van der Waals surface area contributed by atoms with Crippen LogP contribution in [0.15, 0.2) is 59.4 Å². The Labute approximate surface area is 201 Å². The number of likely N-dealkylation sites (tertiary alicyclic amines) is 1. The van der Waals surface area contributed by atoms with Crippen molar-refractivity contribution in [3.63, 3.8) is 0 Å². The van der Waals surface area contributed by atoms with Crippen molar-refractivity contribution in [1.82, 2.24) is 14.5 Å². The van der Waals surface area contributed by atoms with E-state index in [0.29, 0.717) is 24.8 Å². The lowest BCUT2D eigenvalue weighted by molar-refractivity contribution is -0.137. The van der Waals surface area contributed by atoms with Gasteiger partial charge in [0, 0.05) is 32.7 Å². The zero-order valence-electron chi connectivity index (χ0n) is 20.0. The lowest BCUT2D eigenvalue weighted by atomic mass is 9.89. The standard InChI is InChI=1S/C28H34N4O2/c1-2-32-25-13-7-6-12-24(25)29-26(28(32)34)31-16-8-11-23(20-31)27(33)30-17-14-22(15-18-30)19-21-9-4-3-5-10-21/h3-7,9-10,12-13,22-23H,2,8,11,14-20H2,1H3/t23-/m0/s1. The van der Waals surface area contributed by atoms with Crippen LogP contribution < -0.4 is 10.5 Å². The Hall–Kier alpha value is -3.15. The molecule has 34 heavy (non-hydrogen) atoms. The van der Waals surface area contributed by atoms with Crippen LogP contribution in [-0.4, -0.2) is 46.5 Å². The van der Waals surface area contributed by atoms with E-state index in [-0.39, 0.29) is 17.4 Å². The van der Waals surface area contributed by atoms with Gasteiger partial charge in [0.1, 0.15) is 0 Å². The summed E-state index contributed by atoms with van der Waals surface area (Å²) in [6.07, 6.45) is 5.00. The lowest BCUT2D eigenvalue weighted by Gasteiger charge is -2.38. The summed E-state index contributed by atoms with van der Waals surface area (Å²) in [5.41, 5.74) is 3.02. The molecule has 2 aliphatic heterocycles. The molecule has 1 aromatic heterocycles. The van der Waals surface area contributed by atoms with E-state index >= 15 is 0 Å². The summed E-state index contributed by atoms with van der Waals surface area (Å²) in [5.74, 6) is 1.31. The minimum absolute atomic E-state index is 0.0592. The van der Waals surface area contributed by atoms with E-state index in [4.69, 9.17) is 4.98 Å². The van der Waals surface area contributed by atoms with Crippen LogP contribution in [0.4, 0.5) is 5.82 Å². The van der Waals surface area contributed by atoms with Crippen molar-refractivity contribution in [2.75, 3.05) is 31.1 Å². The minimum atomic E-state index is -0.0674. The number of rotatable bonds is 5. The molecule has 178 valence electrons. The third kappa shape index (κ3) is 4.59. The van der Waals surface area contributed by atoms with E-state index in [2.05, 4.69) is 40.1 Å². The molecule has 0 radical (unpaired) electrons. The topological polar surface area (TPSA) is 58.4 Å². The summed E-state index contributed by atoms with van der Waals surface area (Å²) >= 11 is 0. The van der Waals surface area contributed by atoms with Gasteiger partial charge in [-0.25, -0.2) is 4.98 Å². The Bertz CT molecular complexity index is 1200. The van der Waals surface area contributed by atoms with Crippen LogP contribution >= 0.6 is 0 Å². The average molecular weight is 459 g/mol. The molecule has 6 heteroatoms. The largest absolute Gasteiger partial charge is 0.351 e. The highest BCUT2D eigenvalue weighted by molar-refractivity contribution is 5.80. The molecular formula is C28H34N4O2. The fourth-order valence-corrected chi connectivity index (χ4v) is 5.63. The number of hydrogen-bond donors (Lipinski definition) is 0. The number of carbonyl (C=O) groups is 1. The highest BCUT2D eigenvalue weighted by Gasteiger charge is 2.33. The first-order valence-corrected chi connectivity index (χ1v) is 12.7. The number of aryl methyl sites for hydroxylation is 1. The van der Waals surface area contributed by atoms with Gasteiger partial charge in [-0.1, -0.05) is 42.5 Å². The van der Waals surface area contributed by atoms with Gasteiger partial charge in [-0.3, -0.25) is 9.59 Å². The monoisotopic (exact) mass is 458 g/mol. The maximum atomic E-state index is 13.4. The number of carbonyl (C=O) groups excluding carboxylic acids is 1. The Balaban J connectivity index is 1.26. The molecule has 2 aromatic carbocycles. The van der Waals surface area contributed by atoms with Gasteiger partial charge in [-0.2, -0.15) is 0 Å². The van der Waals surface area contributed by atoms with Crippen molar-refractivity contribution in [3.05, 3.63) is 70.5 Å². The number of amides is 1. The van der Waals surface area contributed by atoms with Crippen molar-refractivity contribution in [3.8, 4) is 0 Å².